The highest BCUT2D eigenvalue weighted by molar-refractivity contribution is 6.57. The minimum Gasteiger partial charge on any atom is -0.388 e. The number of rotatable bonds is 0. The number of hydrogen-bond acceptors (Lipinski definition) is 3. The van der Waals surface area contributed by atoms with Crippen LogP contribution in [0.3, 0.4) is 0 Å². The van der Waals surface area contributed by atoms with Crippen molar-refractivity contribution in [1.29, 1.82) is 0 Å². The van der Waals surface area contributed by atoms with E-state index in [0.717, 1.165) is 22.8 Å². The van der Waals surface area contributed by atoms with E-state index in [9.17, 15) is 14.7 Å². The van der Waals surface area contributed by atoms with E-state index in [1.807, 2.05) is 24.3 Å². The molecule has 0 amide bonds. The van der Waals surface area contributed by atoms with Crippen molar-refractivity contribution < 1.29 is 14.7 Å². The summed E-state index contributed by atoms with van der Waals surface area (Å²) in [5.41, 5.74) is 3.46. The Labute approximate surface area is 155 Å². The molecule has 0 aliphatic heterocycles. The van der Waals surface area contributed by atoms with Gasteiger partial charge in [-0.3, -0.25) is 9.59 Å². The summed E-state index contributed by atoms with van der Waals surface area (Å²) in [6.45, 7) is 0. The highest BCUT2D eigenvalue weighted by Gasteiger charge is 2.29. The first-order valence-corrected chi connectivity index (χ1v) is 8.94. The second kappa shape index (κ2) is 5.86. The molecule has 0 aromatic heterocycles. The monoisotopic (exact) mass is 352 g/mol. The maximum atomic E-state index is 11.5. The molecule has 0 bridgehead atoms. The Morgan fingerprint density at radius 2 is 1.19 bits per heavy atom. The quantitative estimate of drug-likeness (QED) is 0.469. The number of aliphatic hydroxyl groups is 1. The summed E-state index contributed by atoms with van der Waals surface area (Å²) in [7, 11) is 0. The predicted octanol–water partition coefficient (Wildman–Crippen LogP) is 4.65. The van der Waals surface area contributed by atoms with Crippen molar-refractivity contribution in [2.75, 3.05) is 0 Å². The number of hydrogen-bond donors (Lipinski definition) is 1. The fourth-order valence-corrected chi connectivity index (χ4v) is 4.18. The van der Waals surface area contributed by atoms with Crippen molar-refractivity contribution >= 4 is 33.1 Å². The molecule has 0 spiro atoms. The van der Waals surface area contributed by atoms with E-state index in [1.165, 1.54) is 16.3 Å². The minimum absolute atomic E-state index is 0.291. The summed E-state index contributed by atoms with van der Waals surface area (Å²) >= 11 is 0. The third kappa shape index (κ3) is 2.32. The molecule has 130 valence electrons. The van der Waals surface area contributed by atoms with Gasteiger partial charge in [-0.1, -0.05) is 72.8 Å². The molecular formula is C24H16O3. The molecule has 0 radical (unpaired) electrons. The molecule has 1 unspecified atom stereocenters. The van der Waals surface area contributed by atoms with Crippen LogP contribution in [0.4, 0.5) is 0 Å². The topological polar surface area (TPSA) is 54.4 Å². The summed E-state index contributed by atoms with van der Waals surface area (Å²) < 4.78 is 0. The summed E-state index contributed by atoms with van der Waals surface area (Å²) in [6, 6.07) is 23.2. The minimum atomic E-state index is -0.378. The van der Waals surface area contributed by atoms with Gasteiger partial charge in [-0.25, -0.2) is 0 Å². The molecule has 0 fully saturated rings. The molecule has 4 aromatic carbocycles. The summed E-state index contributed by atoms with van der Waals surface area (Å²) in [5, 5.41) is 14.0. The first-order chi connectivity index (χ1) is 13.1. The van der Waals surface area contributed by atoms with Crippen molar-refractivity contribution in [1.82, 2.24) is 0 Å². The van der Waals surface area contributed by atoms with E-state index in [4.69, 9.17) is 0 Å². The van der Waals surface area contributed by atoms with Crippen molar-refractivity contribution in [2.24, 2.45) is 0 Å². The Bertz CT molecular complexity index is 1200. The SMILES string of the molecule is O=C1C(=O)c2cccc3cccc1c23.OC1Cc2cccc3cccc1c23. The van der Waals surface area contributed by atoms with Crippen LogP contribution in [-0.2, 0) is 6.42 Å². The lowest BCUT2D eigenvalue weighted by molar-refractivity contribution is 0.0825. The van der Waals surface area contributed by atoms with Gasteiger partial charge in [0, 0.05) is 22.9 Å². The highest BCUT2D eigenvalue weighted by atomic mass is 16.3. The van der Waals surface area contributed by atoms with Gasteiger partial charge >= 0.3 is 0 Å². The molecule has 4 aromatic rings. The van der Waals surface area contributed by atoms with Crippen molar-refractivity contribution in [3.05, 3.63) is 95.1 Å². The van der Waals surface area contributed by atoms with Crippen LogP contribution in [0.25, 0.3) is 21.5 Å². The lowest BCUT2D eigenvalue weighted by atomic mass is 10.1. The van der Waals surface area contributed by atoms with Gasteiger partial charge in [-0.05, 0) is 27.3 Å². The van der Waals surface area contributed by atoms with Gasteiger partial charge in [-0.2, -0.15) is 0 Å². The van der Waals surface area contributed by atoms with Gasteiger partial charge < -0.3 is 5.11 Å². The Morgan fingerprint density at radius 3 is 1.81 bits per heavy atom. The van der Waals surface area contributed by atoms with Crippen molar-refractivity contribution in [3.8, 4) is 0 Å². The van der Waals surface area contributed by atoms with Crippen LogP contribution in [0.15, 0.2) is 72.8 Å². The lowest BCUT2D eigenvalue weighted by Gasteiger charge is -2.02. The Balaban J connectivity index is 0.000000119. The fraction of sp³-hybridized carbons (Fsp3) is 0.0833. The molecule has 1 N–H and O–H groups in total. The predicted molar refractivity (Wildman–Crippen MR) is 105 cm³/mol. The Kier molecular flexibility index (Phi) is 3.46. The smallest absolute Gasteiger partial charge is 0.234 e. The molecule has 27 heavy (non-hydrogen) atoms. The van der Waals surface area contributed by atoms with Crippen LogP contribution in [0.2, 0.25) is 0 Å². The number of Topliss-reactive ketones (excluding diaryl/α,β-unsaturated/α-hetero) is 2. The molecule has 0 saturated carbocycles. The second-order valence-corrected chi connectivity index (χ2v) is 6.95. The van der Waals surface area contributed by atoms with E-state index < -0.39 is 0 Å². The molecular weight excluding hydrogens is 336 g/mol. The van der Waals surface area contributed by atoms with E-state index in [-0.39, 0.29) is 17.7 Å². The summed E-state index contributed by atoms with van der Waals surface area (Å²) in [5.74, 6) is -0.756. The van der Waals surface area contributed by atoms with E-state index in [2.05, 4.69) is 24.3 Å². The largest absolute Gasteiger partial charge is 0.388 e. The zero-order valence-electron chi connectivity index (χ0n) is 14.5. The van der Waals surface area contributed by atoms with Gasteiger partial charge in [0.1, 0.15) is 0 Å². The third-order valence-electron chi connectivity index (χ3n) is 5.40. The lowest BCUT2D eigenvalue weighted by Crippen LogP contribution is -2.05. The molecule has 2 aliphatic carbocycles. The zero-order valence-corrected chi connectivity index (χ0v) is 14.5. The number of carbonyl (C=O) groups excluding carboxylic acids is 2. The van der Waals surface area contributed by atoms with Gasteiger partial charge in [0.05, 0.1) is 6.10 Å². The molecule has 6 rings (SSSR count). The zero-order chi connectivity index (χ0) is 18.5. The Hall–Kier alpha value is -3.30. The molecule has 0 saturated heterocycles. The van der Waals surface area contributed by atoms with Crippen LogP contribution in [0, 0.1) is 0 Å². The van der Waals surface area contributed by atoms with Crippen molar-refractivity contribution in [3.63, 3.8) is 0 Å². The van der Waals surface area contributed by atoms with E-state index >= 15 is 0 Å². The van der Waals surface area contributed by atoms with Crippen LogP contribution < -0.4 is 0 Å². The maximum Gasteiger partial charge on any atom is 0.234 e. The third-order valence-corrected chi connectivity index (χ3v) is 5.40. The van der Waals surface area contributed by atoms with Gasteiger partial charge in [-0.15, -0.1) is 0 Å². The fourth-order valence-electron chi connectivity index (χ4n) is 4.18. The van der Waals surface area contributed by atoms with Crippen LogP contribution in [-0.4, -0.2) is 16.7 Å². The molecule has 0 heterocycles. The number of carbonyl (C=O) groups is 2. The second-order valence-electron chi connectivity index (χ2n) is 6.95. The molecule has 3 heteroatoms. The number of ketones is 2. The first-order valence-electron chi connectivity index (χ1n) is 8.94. The molecule has 2 aliphatic rings. The molecule has 3 nitrogen and oxygen atoms in total. The molecule has 1 atom stereocenters. The van der Waals surface area contributed by atoms with Crippen molar-refractivity contribution in [2.45, 2.75) is 12.5 Å². The standard InChI is InChI=1S/C12H6O2.C12H10O/c13-11-8-5-1-3-7-4-2-6-9(10(7)8)12(11)14;13-11-7-9-5-1-3-8-4-2-6-10(11)12(8)9/h1-6H;1-6,11,13H,7H2. The maximum absolute atomic E-state index is 11.5. The van der Waals surface area contributed by atoms with E-state index in [0.29, 0.717) is 11.1 Å². The van der Waals surface area contributed by atoms with E-state index in [1.54, 1.807) is 24.3 Å². The van der Waals surface area contributed by atoms with Crippen LogP contribution in [0.5, 0.6) is 0 Å². The Morgan fingerprint density at radius 1 is 0.667 bits per heavy atom. The van der Waals surface area contributed by atoms with Gasteiger partial charge in [0.2, 0.25) is 11.6 Å². The number of aliphatic hydroxyl groups excluding tert-OH is 1. The van der Waals surface area contributed by atoms with Crippen LogP contribution >= 0.6 is 0 Å². The summed E-state index contributed by atoms with van der Waals surface area (Å²) in [6.07, 6.45) is 0.484. The first kappa shape index (κ1) is 15.9. The highest BCUT2D eigenvalue weighted by Crippen LogP contribution is 2.36. The average Bonchev–Trinajstić information content (AvgIpc) is 3.16. The van der Waals surface area contributed by atoms with Gasteiger partial charge in [0.15, 0.2) is 0 Å². The normalized spacial score (nSPS) is 16.7. The number of benzene rings is 4. The summed E-state index contributed by atoms with van der Waals surface area (Å²) in [4.78, 5) is 23.1. The average molecular weight is 352 g/mol. The van der Waals surface area contributed by atoms with Gasteiger partial charge in [0.25, 0.3) is 0 Å². The van der Waals surface area contributed by atoms with Crippen LogP contribution in [0.1, 0.15) is 37.9 Å².